The maximum Gasteiger partial charge on any atom is 0.155 e. The van der Waals surface area contributed by atoms with E-state index in [1.807, 2.05) is 6.08 Å². The van der Waals surface area contributed by atoms with Crippen LogP contribution in [0.1, 0.15) is 78.1 Å². The molecule has 0 amide bonds. The third-order valence-electron chi connectivity index (χ3n) is 8.88. The van der Waals surface area contributed by atoms with Crippen molar-refractivity contribution in [2.45, 2.75) is 78.1 Å². The molecule has 0 saturated heterocycles. The van der Waals surface area contributed by atoms with Gasteiger partial charge in [0.15, 0.2) is 5.78 Å². The predicted molar refractivity (Wildman–Crippen MR) is 104 cm³/mol. The van der Waals surface area contributed by atoms with Gasteiger partial charge < -0.3 is 0 Å². The standard InChI is InChI=1S/C24H36O/c1-4-7-18-8-11-22-23-16(5-2)14-17-15-19(25)9-10-20(17)21(23)12-13-24(18,22)6-3/h5,15-16,18,20-23H,2,4,6-14H2,1,3H3. The molecule has 3 saturated carbocycles. The van der Waals surface area contributed by atoms with Gasteiger partial charge >= 0.3 is 0 Å². The molecule has 0 bridgehead atoms. The number of ketones is 1. The second-order valence-corrected chi connectivity index (χ2v) is 9.47. The highest BCUT2D eigenvalue weighted by atomic mass is 16.1. The van der Waals surface area contributed by atoms with Gasteiger partial charge in [0.05, 0.1) is 0 Å². The van der Waals surface area contributed by atoms with Crippen LogP contribution in [0.3, 0.4) is 0 Å². The van der Waals surface area contributed by atoms with Crippen molar-refractivity contribution in [3.63, 3.8) is 0 Å². The van der Waals surface area contributed by atoms with E-state index in [0.29, 0.717) is 23.0 Å². The maximum atomic E-state index is 12.0. The van der Waals surface area contributed by atoms with E-state index in [4.69, 9.17) is 0 Å². The normalized spacial score (nSPS) is 46.0. The quantitative estimate of drug-likeness (QED) is 0.545. The highest BCUT2D eigenvalue weighted by Crippen LogP contribution is 2.66. The van der Waals surface area contributed by atoms with E-state index in [-0.39, 0.29) is 0 Å². The average Bonchev–Trinajstić information content (AvgIpc) is 2.99. The number of fused-ring (bicyclic) bond motifs is 5. The molecular formula is C24H36O. The molecule has 0 aromatic rings. The number of hydrogen-bond donors (Lipinski definition) is 0. The molecule has 4 rings (SSSR count). The molecule has 0 N–H and O–H groups in total. The molecule has 0 aliphatic heterocycles. The van der Waals surface area contributed by atoms with Crippen LogP contribution in [0.2, 0.25) is 0 Å². The van der Waals surface area contributed by atoms with Crippen molar-refractivity contribution in [1.82, 2.24) is 0 Å². The van der Waals surface area contributed by atoms with Crippen LogP contribution in [0.4, 0.5) is 0 Å². The molecule has 4 aliphatic carbocycles. The number of carbonyl (C=O) groups is 1. The molecule has 7 atom stereocenters. The van der Waals surface area contributed by atoms with Crippen LogP contribution in [0, 0.1) is 40.9 Å². The molecule has 1 nitrogen and oxygen atoms in total. The van der Waals surface area contributed by atoms with Crippen LogP contribution in [0.5, 0.6) is 0 Å². The van der Waals surface area contributed by atoms with Gasteiger partial charge in [0, 0.05) is 6.42 Å². The summed E-state index contributed by atoms with van der Waals surface area (Å²) < 4.78 is 0. The van der Waals surface area contributed by atoms with Crippen molar-refractivity contribution in [3.8, 4) is 0 Å². The Kier molecular flexibility index (Phi) is 4.71. The summed E-state index contributed by atoms with van der Waals surface area (Å²) in [5.74, 6) is 5.22. The predicted octanol–water partition coefficient (Wildman–Crippen LogP) is 6.35. The zero-order chi connectivity index (χ0) is 17.6. The minimum Gasteiger partial charge on any atom is -0.295 e. The summed E-state index contributed by atoms with van der Waals surface area (Å²) in [5.41, 5.74) is 2.10. The molecule has 138 valence electrons. The molecular weight excluding hydrogens is 304 g/mol. The first-order chi connectivity index (χ1) is 12.1. The molecule has 1 heteroatoms. The zero-order valence-corrected chi connectivity index (χ0v) is 16.3. The van der Waals surface area contributed by atoms with Gasteiger partial charge in [-0.05, 0) is 91.9 Å². The van der Waals surface area contributed by atoms with Crippen molar-refractivity contribution in [1.29, 1.82) is 0 Å². The number of carbonyl (C=O) groups excluding carboxylic acids is 1. The summed E-state index contributed by atoms with van der Waals surface area (Å²) in [7, 11) is 0. The maximum absolute atomic E-state index is 12.0. The number of allylic oxidation sites excluding steroid dienone is 2. The van der Waals surface area contributed by atoms with Crippen LogP contribution >= 0.6 is 0 Å². The SMILES string of the molecule is C=CC1CC2=CC(=O)CCC2C2CCC3(CC)C(CCC)CCC3C12. The van der Waals surface area contributed by atoms with E-state index in [1.54, 1.807) is 0 Å². The number of rotatable bonds is 4. The van der Waals surface area contributed by atoms with E-state index in [1.165, 1.54) is 50.5 Å². The number of hydrogen-bond acceptors (Lipinski definition) is 1. The van der Waals surface area contributed by atoms with Crippen molar-refractivity contribution in [3.05, 3.63) is 24.3 Å². The Bertz CT molecular complexity index is 573. The Hall–Kier alpha value is -0.850. The van der Waals surface area contributed by atoms with Crippen LogP contribution in [0.15, 0.2) is 24.3 Å². The highest BCUT2D eigenvalue weighted by Gasteiger charge is 2.58. The third kappa shape index (κ3) is 2.60. The summed E-state index contributed by atoms with van der Waals surface area (Å²) in [5, 5.41) is 0. The lowest BCUT2D eigenvalue weighted by molar-refractivity contribution is -0.116. The average molecular weight is 341 g/mol. The molecule has 3 fully saturated rings. The van der Waals surface area contributed by atoms with Crippen LogP contribution in [-0.2, 0) is 4.79 Å². The Morgan fingerprint density at radius 2 is 2.08 bits per heavy atom. The van der Waals surface area contributed by atoms with Gasteiger partial charge in [-0.1, -0.05) is 38.3 Å². The fourth-order valence-corrected chi connectivity index (χ4v) is 7.96. The Balaban J connectivity index is 1.68. The second-order valence-electron chi connectivity index (χ2n) is 9.47. The monoisotopic (exact) mass is 340 g/mol. The zero-order valence-electron chi connectivity index (χ0n) is 16.3. The molecule has 4 aliphatic rings. The molecule has 0 heterocycles. The van der Waals surface area contributed by atoms with Crippen molar-refractivity contribution in [2.75, 3.05) is 0 Å². The Morgan fingerprint density at radius 3 is 2.80 bits per heavy atom. The van der Waals surface area contributed by atoms with E-state index < -0.39 is 0 Å². The topological polar surface area (TPSA) is 17.1 Å². The van der Waals surface area contributed by atoms with Gasteiger partial charge in [-0.15, -0.1) is 6.58 Å². The molecule has 7 unspecified atom stereocenters. The van der Waals surface area contributed by atoms with Crippen molar-refractivity contribution in [2.24, 2.45) is 40.9 Å². The molecule has 25 heavy (non-hydrogen) atoms. The van der Waals surface area contributed by atoms with Crippen molar-refractivity contribution < 1.29 is 4.79 Å². The van der Waals surface area contributed by atoms with Gasteiger partial charge in [-0.3, -0.25) is 4.79 Å². The third-order valence-corrected chi connectivity index (χ3v) is 8.88. The lowest BCUT2D eigenvalue weighted by Crippen LogP contribution is -2.50. The molecule has 0 aromatic carbocycles. The molecule has 0 spiro atoms. The summed E-state index contributed by atoms with van der Waals surface area (Å²) in [6, 6.07) is 0. The van der Waals surface area contributed by atoms with Gasteiger partial charge in [0.2, 0.25) is 0 Å². The van der Waals surface area contributed by atoms with Crippen LogP contribution < -0.4 is 0 Å². The van der Waals surface area contributed by atoms with Gasteiger partial charge in [-0.2, -0.15) is 0 Å². The Morgan fingerprint density at radius 1 is 1.24 bits per heavy atom. The lowest BCUT2D eigenvalue weighted by atomic mass is 9.47. The first-order valence-corrected chi connectivity index (χ1v) is 11.0. The minimum absolute atomic E-state index is 0.370. The minimum atomic E-state index is 0.370. The van der Waals surface area contributed by atoms with E-state index in [0.717, 1.165) is 42.9 Å². The molecule has 0 radical (unpaired) electrons. The fourth-order valence-electron chi connectivity index (χ4n) is 7.96. The lowest BCUT2D eigenvalue weighted by Gasteiger charge is -2.57. The van der Waals surface area contributed by atoms with Gasteiger partial charge in [0.1, 0.15) is 0 Å². The smallest absolute Gasteiger partial charge is 0.155 e. The first-order valence-electron chi connectivity index (χ1n) is 11.0. The fraction of sp³-hybridized carbons (Fsp3) is 0.792. The largest absolute Gasteiger partial charge is 0.295 e. The molecule has 0 aromatic heterocycles. The summed E-state index contributed by atoms with van der Waals surface area (Å²) in [6.45, 7) is 9.07. The van der Waals surface area contributed by atoms with Gasteiger partial charge in [-0.25, -0.2) is 0 Å². The Labute approximate surface area is 154 Å². The summed E-state index contributed by atoms with van der Waals surface area (Å²) >= 11 is 0. The van der Waals surface area contributed by atoms with E-state index in [9.17, 15) is 4.79 Å². The second kappa shape index (κ2) is 6.71. The van der Waals surface area contributed by atoms with Crippen LogP contribution in [-0.4, -0.2) is 5.78 Å². The van der Waals surface area contributed by atoms with Gasteiger partial charge in [0.25, 0.3) is 0 Å². The highest BCUT2D eigenvalue weighted by molar-refractivity contribution is 5.91. The van der Waals surface area contributed by atoms with E-state index >= 15 is 0 Å². The van der Waals surface area contributed by atoms with E-state index in [2.05, 4.69) is 26.5 Å². The van der Waals surface area contributed by atoms with Crippen LogP contribution in [0.25, 0.3) is 0 Å². The summed E-state index contributed by atoms with van der Waals surface area (Å²) in [4.78, 5) is 12.0. The summed E-state index contributed by atoms with van der Waals surface area (Å²) in [6.07, 6.45) is 17.2. The van der Waals surface area contributed by atoms with Crippen molar-refractivity contribution >= 4 is 5.78 Å². The first kappa shape index (κ1) is 17.6.